The van der Waals surface area contributed by atoms with Crippen LogP contribution in [0, 0.1) is 0 Å². The molecule has 0 aromatic heterocycles. The quantitative estimate of drug-likeness (QED) is 0.299. The minimum Gasteiger partial charge on any atom is -0.493 e. The van der Waals surface area contributed by atoms with E-state index in [0.29, 0.717) is 22.6 Å². The van der Waals surface area contributed by atoms with Crippen LogP contribution in [0.5, 0.6) is 11.5 Å². The molecule has 0 atom stereocenters. The van der Waals surface area contributed by atoms with E-state index in [1.165, 1.54) is 20.2 Å². The zero-order chi connectivity index (χ0) is 20.6. The number of hydrazone groups is 1. The molecule has 0 unspecified atom stereocenters. The number of methoxy groups -OCH3 is 1. The highest BCUT2D eigenvalue weighted by atomic mass is 16.6. The van der Waals surface area contributed by atoms with Gasteiger partial charge < -0.3 is 9.47 Å². The molecule has 0 spiro atoms. The van der Waals surface area contributed by atoms with Crippen LogP contribution in [0.3, 0.4) is 0 Å². The van der Waals surface area contributed by atoms with Crippen molar-refractivity contribution < 1.29 is 19.1 Å². The summed E-state index contributed by atoms with van der Waals surface area (Å²) in [5.74, 6) is -0.0358. The average molecular weight is 388 g/mol. The van der Waals surface area contributed by atoms with Gasteiger partial charge in [-0.05, 0) is 47.0 Å². The third-order valence-corrected chi connectivity index (χ3v) is 4.08. The van der Waals surface area contributed by atoms with Gasteiger partial charge in [0.2, 0.25) is 0 Å². The van der Waals surface area contributed by atoms with Crippen LogP contribution in [0.4, 0.5) is 0 Å². The van der Waals surface area contributed by atoms with Crippen molar-refractivity contribution in [2.24, 2.45) is 5.10 Å². The Bertz CT molecular complexity index is 1030. The van der Waals surface area contributed by atoms with Crippen molar-refractivity contribution in [2.45, 2.75) is 6.92 Å². The first-order chi connectivity index (χ1) is 14.1. The van der Waals surface area contributed by atoms with E-state index in [9.17, 15) is 9.59 Å². The minimum atomic E-state index is -0.435. The van der Waals surface area contributed by atoms with Crippen LogP contribution in [-0.4, -0.2) is 25.2 Å². The number of carbonyl (C=O) groups is 2. The van der Waals surface area contributed by atoms with E-state index in [4.69, 9.17) is 9.47 Å². The van der Waals surface area contributed by atoms with Gasteiger partial charge in [-0.2, -0.15) is 5.10 Å². The number of nitrogens with zero attached hydrogens (tertiary/aromatic N) is 1. The van der Waals surface area contributed by atoms with Crippen molar-refractivity contribution in [1.29, 1.82) is 0 Å². The minimum absolute atomic E-state index is 0.315. The summed E-state index contributed by atoms with van der Waals surface area (Å²) in [7, 11) is 1.48. The Balaban J connectivity index is 1.64. The molecule has 6 nitrogen and oxygen atoms in total. The molecule has 0 aliphatic rings. The summed E-state index contributed by atoms with van der Waals surface area (Å²) in [6, 6.07) is 22.2. The first-order valence-corrected chi connectivity index (χ1v) is 8.92. The fourth-order valence-corrected chi connectivity index (χ4v) is 2.68. The van der Waals surface area contributed by atoms with Gasteiger partial charge in [0.05, 0.1) is 13.3 Å². The number of benzene rings is 3. The molecule has 0 bridgehead atoms. The van der Waals surface area contributed by atoms with E-state index in [-0.39, 0.29) is 5.91 Å². The fraction of sp³-hybridized carbons (Fsp3) is 0.0870. The molecule has 0 saturated heterocycles. The van der Waals surface area contributed by atoms with Crippen LogP contribution < -0.4 is 14.9 Å². The van der Waals surface area contributed by atoms with E-state index in [1.54, 1.807) is 30.3 Å². The summed E-state index contributed by atoms with van der Waals surface area (Å²) in [4.78, 5) is 23.4. The highest BCUT2D eigenvalue weighted by Crippen LogP contribution is 2.27. The maximum Gasteiger partial charge on any atom is 0.308 e. The molecule has 6 heteroatoms. The van der Waals surface area contributed by atoms with E-state index in [1.807, 2.05) is 42.5 Å². The van der Waals surface area contributed by atoms with Crippen LogP contribution in [-0.2, 0) is 4.79 Å². The molecule has 3 aromatic carbocycles. The SMILES string of the molecule is COc1cc(/C=N/NC(=O)c2ccc(-c3ccccc3)cc2)ccc1OC(C)=O. The maximum absolute atomic E-state index is 12.3. The molecule has 0 aliphatic heterocycles. The van der Waals surface area contributed by atoms with Gasteiger partial charge in [0.25, 0.3) is 5.91 Å². The van der Waals surface area contributed by atoms with Crippen LogP contribution in [0.2, 0.25) is 0 Å². The molecule has 0 saturated carbocycles. The van der Waals surface area contributed by atoms with Crippen molar-refractivity contribution >= 4 is 18.1 Å². The predicted octanol–water partition coefficient (Wildman–Crippen LogP) is 4.05. The lowest BCUT2D eigenvalue weighted by Gasteiger charge is -2.08. The third-order valence-electron chi connectivity index (χ3n) is 4.08. The first kappa shape index (κ1) is 19.8. The number of nitrogens with one attached hydrogen (secondary N) is 1. The maximum atomic E-state index is 12.3. The van der Waals surface area contributed by atoms with Gasteiger partial charge in [-0.1, -0.05) is 42.5 Å². The van der Waals surface area contributed by atoms with Crippen LogP contribution in [0.1, 0.15) is 22.8 Å². The van der Waals surface area contributed by atoms with Crippen molar-refractivity contribution in [3.8, 4) is 22.6 Å². The van der Waals surface area contributed by atoms with Crippen LogP contribution in [0.15, 0.2) is 77.9 Å². The molecule has 146 valence electrons. The standard InChI is InChI=1S/C23H20N2O4/c1-16(26)29-21-13-8-17(14-22(21)28-2)15-24-25-23(27)20-11-9-19(10-12-20)18-6-4-3-5-7-18/h3-15H,1-2H3,(H,25,27)/b24-15+. The van der Waals surface area contributed by atoms with E-state index in [2.05, 4.69) is 10.5 Å². The molecular formula is C23H20N2O4. The Morgan fingerprint density at radius 3 is 2.24 bits per heavy atom. The second kappa shape index (κ2) is 9.32. The number of esters is 1. The number of ether oxygens (including phenoxy) is 2. The summed E-state index contributed by atoms with van der Waals surface area (Å²) in [5.41, 5.74) is 5.80. The van der Waals surface area contributed by atoms with Crippen molar-refractivity contribution in [3.05, 3.63) is 83.9 Å². The summed E-state index contributed by atoms with van der Waals surface area (Å²) in [5, 5.41) is 3.98. The Kier molecular flexibility index (Phi) is 6.37. The Morgan fingerprint density at radius 1 is 0.897 bits per heavy atom. The van der Waals surface area contributed by atoms with E-state index < -0.39 is 5.97 Å². The average Bonchev–Trinajstić information content (AvgIpc) is 2.75. The van der Waals surface area contributed by atoms with Crippen LogP contribution in [0.25, 0.3) is 11.1 Å². The lowest BCUT2D eigenvalue weighted by molar-refractivity contribution is -0.132. The van der Waals surface area contributed by atoms with Crippen molar-refractivity contribution in [2.75, 3.05) is 7.11 Å². The van der Waals surface area contributed by atoms with Crippen molar-refractivity contribution in [3.63, 3.8) is 0 Å². The zero-order valence-electron chi connectivity index (χ0n) is 16.1. The van der Waals surface area contributed by atoms with Gasteiger partial charge in [0, 0.05) is 12.5 Å². The van der Waals surface area contributed by atoms with Crippen molar-refractivity contribution in [1.82, 2.24) is 5.43 Å². The van der Waals surface area contributed by atoms with Gasteiger partial charge in [-0.25, -0.2) is 5.43 Å². The Labute approximate surface area is 168 Å². The lowest BCUT2D eigenvalue weighted by atomic mass is 10.0. The van der Waals surface area contributed by atoms with Gasteiger partial charge in [-0.15, -0.1) is 0 Å². The fourth-order valence-electron chi connectivity index (χ4n) is 2.68. The summed E-state index contributed by atoms with van der Waals surface area (Å²) in [6.45, 7) is 1.32. The molecular weight excluding hydrogens is 368 g/mol. The first-order valence-electron chi connectivity index (χ1n) is 8.92. The second-order valence-electron chi connectivity index (χ2n) is 6.15. The molecule has 1 amide bonds. The van der Waals surface area contributed by atoms with E-state index in [0.717, 1.165) is 11.1 Å². The topological polar surface area (TPSA) is 77.0 Å². The normalized spacial score (nSPS) is 10.6. The summed E-state index contributed by atoms with van der Waals surface area (Å²) < 4.78 is 10.3. The van der Waals surface area contributed by atoms with Gasteiger partial charge in [0.15, 0.2) is 11.5 Å². The summed E-state index contributed by atoms with van der Waals surface area (Å²) in [6.07, 6.45) is 1.48. The Morgan fingerprint density at radius 2 is 1.59 bits per heavy atom. The molecule has 3 aromatic rings. The van der Waals surface area contributed by atoms with Gasteiger partial charge in [-0.3, -0.25) is 9.59 Å². The zero-order valence-corrected chi connectivity index (χ0v) is 16.1. The highest BCUT2D eigenvalue weighted by Gasteiger charge is 2.08. The molecule has 0 fully saturated rings. The van der Waals surface area contributed by atoms with Crippen LogP contribution >= 0.6 is 0 Å². The van der Waals surface area contributed by atoms with Gasteiger partial charge >= 0.3 is 5.97 Å². The number of amides is 1. The number of hydrogen-bond donors (Lipinski definition) is 1. The lowest BCUT2D eigenvalue weighted by Crippen LogP contribution is -2.17. The molecule has 1 N–H and O–H groups in total. The monoisotopic (exact) mass is 388 g/mol. The highest BCUT2D eigenvalue weighted by molar-refractivity contribution is 5.95. The Hall–Kier alpha value is -3.93. The molecule has 0 aliphatic carbocycles. The molecule has 29 heavy (non-hydrogen) atoms. The smallest absolute Gasteiger partial charge is 0.308 e. The number of rotatable bonds is 6. The second-order valence-corrected chi connectivity index (χ2v) is 6.15. The van der Waals surface area contributed by atoms with E-state index >= 15 is 0 Å². The van der Waals surface area contributed by atoms with Gasteiger partial charge in [0.1, 0.15) is 0 Å². The largest absolute Gasteiger partial charge is 0.493 e. The molecule has 0 heterocycles. The molecule has 3 rings (SSSR count). The molecule has 0 radical (unpaired) electrons. The predicted molar refractivity (Wildman–Crippen MR) is 111 cm³/mol. The number of hydrogen-bond acceptors (Lipinski definition) is 5. The summed E-state index contributed by atoms with van der Waals surface area (Å²) >= 11 is 0. The third kappa shape index (κ3) is 5.29. The number of carbonyl (C=O) groups excluding carboxylic acids is 2.